The van der Waals surface area contributed by atoms with Crippen LogP contribution in [0, 0.1) is 13.8 Å². The molecule has 152 valence electrons. The Balaban J connectivity index is 2.03. The van der Waals surface area contributed by atoms with Crippen LogP contribution in [0.2, 0.25) is 0 Å². The lowest BCUT2D eigenvalue weighted by Crippen LogP contribution is -2.42. The fraction of sp³-hybridized carbons (Fsp3) is 0.565. The van der Waals surface area contributed by atoms with Gasteiger partial charge in [0.2, 0.25) is 0 Å². The summed E-state index contributed by atoms with van der Waals surface area (Å²) < 4.78 is 0. The minimum absolute atomic E-state index is 0.0268. The average Bonchev–Trinajstić information content (AvgIpc) is 2.86. The fourth-order valence-corrected chi connectivity index (χ4v) is 4.51. The van der Waals surface area contributed by atoms with Crippen LogP contribution in [0.25, 0.3) is 5.57 Å². The normalized spacial score (nSPS) is 19.2. The molecular formula is C23H32N2O3. The summed E-state index contributed by atoms with van der Waals surface area (Å²) in [7, 11) is 1.78. The summed E-state index contributed by atoms with van der Waals surface area (Å²) in [6, 6.07) is 5.94. The van der Waals surface area contributed by atoms with Gasteiger partial charge in [-0.1, -0.05) is 55.9 Å². The van der Waals surface area contributed by atoms with Crippen LogP contribution in [0.5, 0.6) is 0 Å². The highest BCUT2D eigenvalue weighted by atomic mass is 16.3. The van der Waals surface area contributed by atoms with Crippen molar-refractivity contribution in [1.29, 1.82) is 0 Å². The second kappa shape index (κ2) is 8.91. The summed E-state index contributed by atoms with van der Waals surface area (Å²) in [5.41, 5.74) is 3.84. The van der Waals surface area contributed by atoms with E-state index >= 15 is 0 Å². The molecule has 0 spiro atoms. The van der Waals surface area contributed by atoms with Crippen molar-refractivity contribution in [3.8, 4) is 0 Å². The van der Waals surface area contributed by atoms with E-state index in [2.05, 4.69) is 0 Å². The molecule has 5 nitrogen and oxygen atoms in total. The van der Waals surface area contributed by atoms with Crippen molar-refractivity contribution in [3.63, 3.8) is 0 Å². The number of carbonyl (C=O) groups is 2. The zero-order valence-corrected chi connectivity index (χ0v) is 17.3. The second-order valence-electron chi connectivity index (χ2n) is 8.17. The van der Waals surface area contributed by atoms with Gasteiger partial charge in [0.25, 0.3) is 11.8 Å². The number of rotatable bonds is 5. The first-order chi connectivity index (χ1) is 13.5. The first kappa shape index (κ1) is 20.6. The number of hydrogen-bond donors (Lipinski definition) is 1. The van der Waals surface area contributed by atoms with Crippen LogP contribution < -0.4 is 0 Å². The van der Waals surface area contributed by atoms with Crippen LogP contribution in [0.4, 0.5) is 0 Å². The molecule has 1 heterocycles. The summed E-state index contributed by atoms with van der Waals surface area (Å²) in [5.74, 6) is -0.385. The predicted molar refractivity (Wildman–Crippen MR) is 111 cm³/mol. The molecule has 2 aliphatic rings. The molecule has 0 aromatic heterocycles. The van der Waals surface area contributed by atoms with Crippen molar-refractivity contribution in [2.75, 3.05) is 20.2 Å². The Morgan fingerprint density at radius 3 is 2.29 bits per heavy atom. The summed E-state index contributed by atoms with van der Waals surface area (Å²) in [4.78, 5) is 30.2. The van der Waals surface area contributed by atoms with Crippen molar-refractivity contribution < 1.29 is 14.7 Å². The number of carbonyl (C=O) groups excluding carboxylic acids is 2. The molecule has 1 aromatic rings. The van der Waals surface area contributed by atoms with E-state index in [0.717, 1.165) is 42.4 Å². The van der Waals surface area contributed by atoms with Crippen LogP contribution in [0.15, 0.2) is 23.9 Å². The number of likely N-dealkylation sites (N-methyl/N-ethyl adjacent to an activating group) is 1. The molecule has 1 N–H and O–H groups in total. The highest BCUT2D eigenvalue weighted by Crippen LogP contribution is 2.36. The highest BCUT2D eigenvalue weighted by molar-refractivity contribution is 6.35. The molecule has 1 aliphatic heterocycles. The van der Waals surface area contributed by atoms with Crippen molar-refractivity contribution in [3.05, 3.63) is 40.6 Å². The van der Waals surface area contributed by atoms with Crippen LogP contribution in [0.3, 0.4) is 0 Å². The maximum Gasteiger partial charge on any atom is 0.278 e. The Morgan fingerprint density at radius 1 is 1.04 bits per heavy atom. The number of aliphatic hydroxyl groups is 1. The third-order valence-electron chi connectivity index (χ3n) is 6.00. The number of benzene rings is 1. The molecule has 0 unspecified atom stereocenters. The van der Waals surface area contributed by atoms with Gasteiger partial charge in [0.1, 0.15) is 5.70 Å². The number of amides is 2. The average molecular weight is 385 g/mol. The van der Waals surface area contributed by atoms with Gasteiger partial charge in [0, 0.05) is 19.6 Å². The molecule has 0 radical (unpaired) electrons. The molecule has 0 atom stereocenters. The first-order valence-electron chi connectivity index (χ1n) is 10.5. The third kappa shape index (κ3) is 4.00. The van der Waals surface area contributed by atoms with Crippen molar-refractivity contribution in [2.24, 2.45) is 0 Å². The summed E-state index contributed by atoms with van der Waals surface area (Å²) >= 11 is 0. The van der Waals surface area contributed by atoms with E-state index < -0.39 is 0 Å². The number of aryl methyl sites for hydroxylation is 2. The van der Waals surface area contributed by atoms with Gasteiger partial charge in [-0.25, -0.2) is 0 Å². The van der Waals surface area contributed by atoms with Crippen LogP contribution in [0.1, 0.15) is 61.6 Å². The first-order valence-corrected chi connectivity index (χ1v) is 10.5. The second-order valence-corrected chi connectivity index (χ2v) is 8.17. The molecular weight excluding hydrogens is 352 g/mol. The van der Waals surface area contributed by atoms with Gasteiger partial charge in [-0.3, -0.25) is 14.5 Å². The van der Waals surface area contributed by atoms with E-state index in [1.54, 1.807) is 11.9 Å². The Morgan fingerprint density at radius 2 is 1.68 bits per heavy atom. The molecule has 28 heavy (non-hydrogen) atoms. The number of nitrogens with zero attached hydrogens (tertiary/aromatic N) is 2. The van der Waals surface area contributed by atoms with E-state index in [1.165, 1.54) is 24.2 Å². The SMILES string of the molecule is Cc1ccc(C2=C(N(C)CCO)C(=O)N(C3CCCCCCC3)C2=O)c(C)c1. The van der Waals surface area contributed by atoms with Gasteiger partial charge >= 0.3 is 0 Å². The molecule has 1 fully saturated rings. The standard InChI is InChI=1S/C23H32N2O3/c1-16-11-12-19(17(2)15-16)20-21(24(3)13-14-26)23(28)25(22(20)27)18-9-7-5-4-6-8-10-18/h11-12,15,18,26H,4-10,13-14H2,1-3H3. The van der Waals surface area contributed by atoms with E-state index in [-0.39, 0.29) is 24.5 Å². The van der Waals surface area contributed by atoms with Gasteiger partial charge in [-0.05, 0) is 37.8 Å². The van der Waals surface area contributed by atoms with Gasteiger partial charge < -0.3 is 10.0 Å². The fourth-order valence-electron chi connectivity index (χ4n) is 4.51. The minimum atomic E-state index is -0.207. The number of aliphatic hydroxyl groups excluding tert-OH is 1. The largest absolute Gasteiger partial charge is 0.395 e. The molecule has 1 aromatic carbocycles. The smallest absolute Gasteiger partial charge is 0.278 e. The summed E-state index contributed by atoms with van der Waals surface area (Å²) in [6.07, 6.45) is 7.46. The molecule has 2 amide bonds. The predicted octanol–water partition coefficient (Wildman–Crippen LogP) is 3.42. The van der Waals surface area contributed by atoms with E-state index in [0.29, 0.717) is 17.8 Å². The molecule has 0 saturated heterocycles. The van der Waals surface area contributed by atoms with E-state index in [4.69, 9.17) is 0 Å². The van der Waals surface area contributed by atoms with Crippen molar-refractivity contribution in [1.82, 2.24) is 9.80 Å². The van der Waals surface area contributed by atoms with Crippen molar-refractivity contribution in [2.45, 2.75) is 64.8 Å². The maximum atomic E-state index is 13.5. The molecule has 0 bridgehead atoms. The Bertz CT molecular complexity index is 776. The molecule has 1 saturated carbocycles. The maximum absolute atomic E-state index is 13.5. The van der Waals surface area contributed by atoms with E-state index in [1.807, 2.05) is 32.0 Å². The highest BCUT2D eigenvalue weighted by Gasteiger charge is 2.44. The summed E-state index contributed by atoms with van der Waals surface area (Å²) in [6.45, 7) is 4.26. The Hall–Kier alpha value is -2.14. The molecule has 1 aliphatic carbocycles. The monoisotopic (exact) mass is 384 g/mol. The lowest BCUT2D eigenvalue weighted by atomic mass is 9.95. The zero-order chi connectivity index (χ0) is 20.3. The Kier molecular flexibility index (Phi) is 6.55. The van der Waals surface area contributed by atoms with E-state index in [9.17, 15) is 14.7 Å². The number of hydrogen-bond acceptors (Lipinski definition) is 4. The van der Waals surface area contributed by atoms with Crippen molar-refractivity contribution >= 4 is 17.4 Å². The summed E-state index contributed by atoms with van der Waals surface area (Å²) in [5, 5.41) is 9.41. The van der Waals surface area contributed by atoms with Crippen LogP contribution >= 0.6 is 0 Å². The van der Waals surface area contributed by atoms with Gasteiger partial charge in [-0.15, -0.1) is 0 Å². The minimum Gasteiger partial charge on any atom is -0.395 e. The third-order valence-corrected chi connectivity index (χ3v) is 6.00. The van der Waals surface area contributed by atoms with Gasteiger partial charge in [0.15, 0.2) is 0 Å². The number of imide groups is 1. The lowest BCUT2D eigenvalue weighted by molar-refractivity contribution is -0.140. The molecule has 3 rings (SSSR count). The zero-order valence-electron chi connectivity index (χ0n) is 17.3. The molecule has 5 heteroatoms. The van der Waals surface area contributed by atoms with Crippen LogP contribution in [-0.2, 0) is 9.59 Å². The van der Waals surface area contributed by atoms with Gasteiger partial charge in [-0.2, -0.15) is 0 Å². The Labute approximate surface area is 168 Å². The topological polar surface area (TPSA) is 60.9 Å². The quantitative estimate of drug-likeness (QED) is 0.790. The van der Waals surface area contributed by atoms with Crippen LogP contribution in [-0.4, -0.2) is 53.0 Å². The lowest BCUT2D eigenvalue weighted by Gasteiger charge is -2.29. The van der Waals surface area contributed by atoms with Gasteiger partial charge in [0.05, 0.1) is 12.2 Å².